The van der Waals surface area contributed by atoms with Gasteiger partial charge in [0, 0.05) is 41.4 Å². The van der Waals surface area contributed by atoms with Crippen LogP contribution in [-0.2, 0) is 17.3 Å². The largest absolute Gasteiger partial charge is 0.497 e. The van der Waals surface area contributed by atoms with E-state index in [0.29, 0.717) is 17.8 Å². The number of nitrogens with zero attached hydrogens (tertiary/aromatic N) is 1. The molecule has 0 aromatic heterocycles. The van der Waals surface area contributed by atoms with Crippen molar-refractivity contribution in [1.82, 2.24) is 10.6 Å². The molecule has 7 heteroatoms. The molecule has 5 nitrogen and oxygen atoms in total. The highest BCUT2D eigenvalue weighted by Gasteiger charge is 2.25. The van der Waals surface area contributed by atoms with Crippen LogP contribution in [0.1, 0.15) is 38.2 Å². The average Bonchev–Trinajstić information content (AvgIpc) is 2.65. The van der Waals surface area contributed by atoms with Crippen LogP contribution >= 0.6 is 24.0 Å². The summed E-state index contributed by atoms with van der Waals surface area (Å²) in [5.41, 5.74) is 1.17. The molecule has 2 rings (SSSR count). The minimum absolute atomic E-state index is 0. The number of hydrogen-bond donors (Lipinski definition) is 2. The first kappa shape index (κ1) is 22.2. The SMILES string of the molecule is CCS(=O)C1CCCC(NC(=NC)NCc2ccc(OC)cc2)C1.I. The van der Waals surface area contributed by atoms with Gasteiger partial charge in [-0.3, -0.25) is 9.20 Å². The molecule has 1 fully saturated rings. The van der Waals surface area contributed by atoms with E-state index < -0.39 is 10.8 Å². The predicted molar refractivity (Wildman–Crippen MR) is 116 cm³/mol. The fourth-order valence-electron chi connectivity index (χ4n) is 3.07. The van der Waals surface area contributed by atoms with E-state index in [-0.39, 0.29) is 24.0 Å². The predicted octanol–water partition coefficient (Wildman–Crippen LogP) is 3.06. The third-order valence-corrected chi connectivity index (χ3v) is 6.21. The molecule has 0 amide bonds. The highest BCUT2D eigenvalue weighted by atomic mass is 127. The van der Waals surface area contributed by atoms with Crippen LogP contribution in [-0.4, -0.2) is 41.4 Å². The van der Waals surface area contributed by atoms with Gasteiger partial charge in [0.05, 0.1) is 7.11 Å². The first-order valence-corrected chi connectivity index (χ1v) is 10.0. The van der Waals surface area contributed by atoms with Gasteiger partial charge in [-0.1, -0.05) is 25.5 Å². The lowest BCUT2D eigenvalue weighted by molar-refractivity contribution is 0.413. The molecule has 0 aliphatic heterocycles. The topological polar surface area (TPSA) is 62.7 Å². The maximum atomic E-state index is 12.1. The van der Waals surface area contributed by atoms with E-state index in [4.69, 9.17) is 4.74 Å². The molecule has 3 unspecified atom stereocenters. The number of halogens is 1. The van der Waals surface area contributed by atoms with Crippen molar-refractivity contribution in [2.45, 2.75) is 50.4 Å². The molecule has 1 aromatic carbocycles. The van der Waals surface area contributed by atoms with Crippen LogP contribution in [0, 0.1) is 0 Å². The van der Waals surface area contributed by atoms with Crippen molar-refractivity contribution < 1.29 is 8.95 Å². The van der Waals surface area contributed by atoms with Crippen LogP contribution in [0.15, 0.2) is 29.3 Å². The van der Waals surface area contributed by atoms with Gasteiger partial charge in [-0.25, -0.2) is 0 Å². The van der Waals surface area contributed by atoms with Gasteiger partial charge in [-0.15, -0.1) is 24.0 Å². The summed E-state index contributed by atoms with van der Waals surface area (Å²) in [6.45, 7) is 2.71. The Bertz CT molecular complexity index is 566. The quantitative estimate of drug-likeness (QED) is 0.374. The zero-order chi connectivity index (χ0) is 17.4. The number of methoxy groups -OCH3 is 1. The molecule has 25 heavy (non-hydrogen) atoms. The Kier molecular flexibility index (Phi) is 10.4. The molecule has 0 heterocycles. The fourth-order valence-corrected chi connectivity index (χ4v) is 4.42. The third kappa shape index (κ3) is 7.13. The van der Waals surface area contributed by atoms with E-state index in [1.54, 1.807) is 14.2 Å². The molecular formula is C18H30IN3O2S. The fraction of sp³-hybridized carbons (Fsp3) is 0.611. The second kappa shape index (κ2) is 11.7. The molecule has 0 saturated heterocycles. The van der Waals surface area contributed by atoms with Crippen molar-refractivity contribution in [3.05, 3.63) is 29.8 Å². The Morgan fingerprint density at radius 3 is 2.64 bits per heavy atom. The Balaban J connectivity index is 0.00000312. The molecule has 1 saturated carbocycles. The lowest BCUT2D eigenvalue weighted by Gasteiger charge is -2.30. The normalized spacial score (nSPS) is 21.8. The lowest BCUT2D eigenvalue weighted by atomic mass is 9.95. The number of guanidine groups is 1. The van der Waals surface area contributed by atoms with Gasteiger partial charge in [0.15, 0.2) is 5.96 Å². The minimum Gasteiger partial charge on any atom is -0.497 e. The summed E-state index contributed by atoms with van der Waals surface area (Å²) in [6.07, 6.45) is 4.28. The van der Waals surface area contributed by atoms with Gasteiger partial charge in [-0.05, 0) is 37.0 Å². The summed E-state index contributed by atoms with van der Waals surface area (Å²) < 4.78 is 17.2. The second-order valence-electron chi connectivity index (χ2n) is 6.07. The van der Waals surface area contributed by atoms with Crippen molar-refractivity contribution in [3.8, 4) is 5.75 Å². The summed E-state index contributed by atoms with van der Waals surface area (Å²) in [7, 11) is 2.75. The van der Waals surface area contributed by atoms with Crippen LogP contribution in [0.25, 0.3) is 0 Å². The molecule has 0 bridgehead atoms. The smallest absolute Gasteiger partial charge is 0.191 e. The van der Waals surface area contributed by atoms with Crippen LogP contribution in [0.5, 0.6) is 5.75 Å². The van der Waals surface area contributed by atoms with E-state index >= 15 is 0 Å². The maximum Gasteiger partial charge on any atom is 0.191 e. The second-order valence-corrected chi connectivity index (χ2v) is 8.08. The number of hydrogen-bond acceptors (Lipinski definition) is 3. The van der Waals surface area contributed by atoms with Gasteiger partial charge < -0.3 is 15.4 Å². The summed E-state index contributed by atoms with van der Waals surface area (Å²) in [6, 6.07) is 8.35. The first-order chi connectivity index (χ1) is 11.7. The van der Waals surface area contributed by atoms with Gasteiger partial charge in [-0.2, -0.15) is 0 Å². The molecular weight excluding hydrogens is 449 g/mol. The van der Waals surface area contributed by atoms with Gasteiger partial charge >= 0.3 is 0 Å². The van der Waals surface area contributed by atoms with Gasteiger partial charge in [0.2, 0.25) is 0 Å². The van der Waals surface area contributed by atoms with E-state index in [2.05, 4.69) is 15.6 Å². The number of nitrogens with one attached hydrogen (secondary N) is 2. The van der Waals surface area contributed by atoms with Crippen molar-refractivity contribution in [3.63, 3.8) is 0 Å². The summed E-state index contributed by atoms with van der Waals surface area (Å²) in [5.74, 6) is 2.42. The van der Waals surface area contributed by atoms with Gasteiger partial charge in [0.1, 0.15) is 5.75 Å². The van der Waals surface area contributed by atoms with Crippen LogP contribution in [0.4, 0.5) is 0 Å². The number of aliphatic imine (C=N–C) groups is 1. The van der Waals surface area contributed by atoms with Gasteiger partial charge in [0.25, 0.3) is 0 Å². The Labute approximate surface area is 170 Å². The molecule has 1 aromatic rings. The summed E-state index contributed by atoms with van der Waals surface area (Å²) >= 11 is 0. The first-order valence-electron chi connectivity index (χ1n) is 8.63. The van der Waals surface area contributed by atoms with Crippen LogP contribution < -0.4 is 15.4 Å². The number of ether oxygens (including phenoxy) is 1. The van der Waals surface area contributed by atoms with Crippen molar-refractivity contribution in [1.29, 1.82) is 0 Å². The Morgan fingerprint density at radius 2 is 2.04 bits per heavy atom. The highest BCUT2D eigenvalue weighted by molar-refractivity contribution is 14.0. The molecule has 142 valence electrons. The third-order valence-electron chi connectivity index (χ3n) is 4.47. The highest BCUT2D eigenvalue weighted by Crippen LogP contribution is 2.23. The van der Waals surface area contributed by atoms with Crippen molar-refractivity contribution >= 4 is 40.7 Å². The zero-order valence-corrected chi connectivity index (χ0v) is 18.4. The number of rotatable bonds is 6. The maximum absolute atomic E-state index is 12.1. The molecule has 0 spiro atoms. The van der Waals surface area contributed by atoms with E-state index in [1.165, 1.54) is 5.56 Å². The van der Waals surface area contributed by atoms with E-state index in [0.717, 1.165) is 43.1 Å². The molecule has 1 aliphatic rings. The Hall–Kier alpha value is -0.830. The van der Waals surface area contributed by atoms with Crippen LogP contribution in [0.3, 0.4) is 0 Å². The van der Waals surface area contributed by atoms with E-state index in [9.17, 15) is 4.21 Å². The molecule has 2 N–H and O–H groups in total. The molecule has 3 atom stereocenters. The van der Waals surface area contributed by atoms with Crippen LogP contribution in [0.2, 0.25) is 0 Å². The zero-order valence-electron chi connectivity index (χ0n) is 15.3. The van der Waals surface area contributed by atoms with Crippen molar-refractivity contribution in [2.24, 2.45) is 4.99 Å². The Morgan fingerprint density at radius 1 is 1.32 bits per heavy atom. The summed E-state index contributed by atoms with van der Waals surface area (Å²) in [4.78, 5) is 4.31. The number of benzene rings is 1. The molecule has 0 radical (unpaired) electrons. The average molecular weight is 479 g/mol. The minimum atomic E-state index is -0.700. The monoisotopic (exact) mass is 479 g/mol. The van der Waals surface area contributed by atoms with E-state index in [1.807, 2.05) is 31.2 Å². The summed E-state index contributed by atoms with van der Waals surface area (Å²) in [5, 5.41) is 7.16. The standard InChI is InChI=1S/C18H29N3O2S.HI/c1-4-24(22)17-7-5-6-15(12-17)21-18(19-2)20-13-14-8-10-16(23-3)11-9-14;/h8-11,15,17H,4-7,12-13H2,1-3H3,(H2,19,20,21);1H. The molecule has 1 aliphatic carbocycles. The lowest BCUT2D eigenvalue weighted by Crippen LogP contribution is -2.46. The van der Waals surface area contributed by atoms with Crippen molar-refractivity contribution in [2.75, 3.05) is 19.9 Å².